The second-order valence-corrected chi connectivity index (χ2v) is 8.67. The molecule has 7 nitrogen and oxygen atoms in total. The molecule has 1 N–H and O–H groups in total. The molecule has 1 aromatic heterocycles. The fourth-order valence-electron chi connectivity index (χ4n) is 2.24. The van der Waals surface area contributed by atoms with Gasteiger partial charge in [-0.3, -0.25) is 4.79 Å². The Kier molecular flexibility index (Phi) is 6.90. The Morgan fingerprint density at radius 1 is 1.19 bits per heavy atom. The summed E-state index contributed by atoms with van der Waals surface area (Å²) in [6.07, 6.45) is 0.479. The van der Waals surface area contributed by atoms with Gasteiger partial charge in [0.2, 0.25) is 5.91 Å². The largest absolute Gasteiger partial charge is 0.465 e. The molecule has 0 unspecified atom stereocenters. The van der Waals surface area contributed by atoms with Gasteiger partial charge in [-0.15, -0.1) is 11.3 Å². The van der Waals surface area contributed by atoms with Gasteiger partial charge in [0.15, 0.2) is 0 Å². The van der Waals surface area contributed by atoms with E-state index in [1.165, 1.54) is 18.5 Å². The van der Waals surface area contributed by atoms with E-state index in [-0.39, 0.29) is 28.6 Å². The van der Waals surface area contributed by atoms with Crippen LogP contribution < -0.4 is 5.32 Å². The Morgan fingerprint density at radius 3 is 2.58 bits per heavy atom. The lowest BCUT2D eigenvalue weighted by Gasteiger charge is -2.16. The number of ether oxygens (including phenoxy) is 1. The molecule has 0 aliphatic heterocycles. The molecular weight excluding hydrogens is 376 g/mol. The molecule has 0 aliphatic carbocycles. The minimum absolute atomic E-state index is 0.125. The van der Waals surface area contributed by atoms with E-state index in [1.54, 1.807) is 41.8 Å². The van der Waals surface area contributed by atoms with Crippen LogP contribution in [0.1, 0.15) is 23.2 Å². The van der Waals surface area contributed by atoms with E-state index in [9.17, 15) is 18.0 Å². The molecule has 1 amide bonds. The van der Waals surface area contributed by atoms with Crippen molar-refractivity contribution in [2.45, 2.75) is 17.1 Å². The summed E-state index contributed by atoms with van der Waals surface area (Å²) in [5, 5.41) is 4.36. The summed E-state index contributed by atoms with van der Waals surface area (Å²) in [6.45, 7) is 0.215. The predicted molar refractivity (Wildman–Crippen MR) is 99.8 cm³/mol. The highest BCUT2D eigenvalue weighted by atomic mass is 32.2. The topological polar surface area (TPSA) is 92.8 Å². The number of anilines is 1. The zero-order chi connectivity index (χ0) is 19.2. The van der Waals surface area contributed by atoms with Crippen molar-refractivity contribution < 1.29 is 22.7 Å². The second kappa shape index (κ2) is 8.93. The Morgan fingerprint density at radius 2 is 1.92 bits per heavy atom. The molecule has 0 spiro atoms. The Balaban J connectivity index is 1.89. The van der Waals surface area contributed by atoms with Crippen LogP contribution in [0.3, 0.4) is 0 Å². The van der Waals surface area contributed by atoms with E-state index in [0.29, 0.717) is 12.1 Å². The summed E-state index contributed by atoms with van der Waals surface area (Å²) >= 11 is 1.15. The van der Waals surface area contributed by atoms with Crippen LogP contribution >= 0.6 is 11.3 Å². The molecule has 9 heteroatoms. The van der Waals surface area contributed by atoms with Crippen LogP contribution in [0.25, 0.3) is 0 Å². The van der Waals surface area contributed by atoms with E-state index in [1.807, 2.05) is 0 Å². The number of nitrogens with zero attached hydrogens (tertiary/aromatic N) is 1. The molecule has 140 valence electrons. The minimum Gasteiger partial charge on any atom is -0.465 e. The van der Waals surface area contributed by atoms with Crippen molar-refractivity contribution in [3.05, 3.63) is 47.3 Å². The lowest BCUT2D eigenvalue weighted by atomic mass is 10.1. The smallest absolute Gasteiger partial charge is 0.339 e. The number of amides is 1. The molecule has 0 saturated heterocycles. The number of para-hydroxylation sites is 1. The summed E-state index contributed by atoms with van der Waals surface area (Å²) in [5.41, 5.74) is 0.629. The predicted octanol–water partition coefficient (Wildman–Crippen LogP) is 2.57. The minimum atomic E-state index is -3.51. The maximum absolute atomic E-state index is 12.3. The monoisotopic (exact) mass is 396 g/mol. The number of sulfonamides is 1. The molecule has 26 heavy (non-hydrogen) atoms. The number of hydrogen-bond donors (Lipinski definition) is 1. The van der Waals surface area contributed by atoms with Gasteiger partial charge in [0.1, 0.15) is 4.21 Å². The SMILES string of the molecule is COC(=O)c1ccccc1NC(=O)CCCN(C)S(=O)(=O)c1cccs1. The Hall–Kier alpha value is -2.23. The van der Waals surface area contributed by atoms with Crippen molar-refractivity contribution in [3.8, 4) is 0 Å². The van der Waals surface area contributed by atoms with E-state index in [0.717, 1.165) is 11.3 Å². The molecule has 1 aromatic carbocycles. The molecule has 0 atom stereocenters. The summed E-state index contributed by atoms with van der Waals surface area (Å²) < 4.78 is 30.8. The number of methoxy groups -OCH3 is 1. The van der Waals surface area contributed by atoms with Gasteiger partial charge in [-0.05, 0) is 30.0 Å². The number of rotatable bonds is 8. The average Bonchev–Trinajstić information content (AvgIpc) is 3.17. The van der Waals surface area contributed by atoms with Crippen LogP contribution in [0.15, 0.2) is 46.0 Å². The molecule has 0 fully saturated rings. The Labute approximate surface area is 156 Å². The zero-order valence-corrected chi connectivity index (χ0v) is 16.1. The van der Waals surface area contributed by atoms with Crippen LogP contribution in [-0.4, -0.2) is 45.3 Å². The summed E-state index contributed by atoms with van der Waals surface area (Å²) in [5.74, 6) is -0.842. The van der Waals surface area contributed by atoms with Crippen LogP contribution in [-0.2, 0) is 19.6 Å². The average molecular weight is 396 g/mol. The molecule has 0 aliphatic rings. The van der Waals surface area contributed by atoms with E-state index in [4.69, 9.17) is 0 Å². The van der Waals surface area contributed by atoms with Crippen LogP contribution in [0.2, 0.25) is 0 Å². The lowest BCUT2D eigenvalue weighted by molar-refractivity contribution is -0.116. The first-order valence-corrected chi connectivity index (χ1v) is 10.1. The number of esters is 1. The highest BCUT2D eigenvalue weighted by molar-refractivity contribution is 7.91. The first-order chi connectivity index (χ1) is 12.4. The Bertz CT molecular complexity index is 863. The van der Waals surface area contributed by atoms with Gasteiger partial charge in [0.05, 0.1) is 18.4 Å². The van der Waals surface area contributed by atoms with Gasteiger partial charge in [-0.25, -0.2) is 17.5 Å². The van der Waals surface area contributed by atoms with Crippen molar-refractivity contribution in [3.63, 3.8) is 0 Å². The number of carbonyl (C=O) groups excluding carboxylic acids is 2. The number of hydrogen-bond acceptors (Lipinski definition) is 6. The van der Waals surface area contributed by atoms with E-state index >= 15 is 0 Å². The van der Waals surface area contributed by atoms with Crippen LogP contribution in [0.5, 0.6) is 0 Å². The second-order valence-electron chi connectivity index (χ2n) is 5.45. The third-order valence-electron chi connectivity index (χ3n) is 3.64. The van der Waals surface area contributed by atoms with Crippen molar-refractivity contribution in [1.29, 1.82) is 0 Å². The summed E-state index contributed by atoms with van der Waals surface area (Å²) in [6, 6.07) is 9.76. The standard InChI is InChI=1S/C17H20N2O5S2/c1-19(26(22,23)16-10-6-12-25-16)11-5-9-15(20)18-14-8-4-3-7-13(14)17(21)24-2/h3-4,6-8,10,12H,5,9,11H2,1-2H3,(H,18,20). The number of carbonyl (C=O) groups is 2. The highest BCUT2D eigenvalue weighted by Crippen LogP contribution is 2.20. The number of nitrogens with one attached hydrogen (secondary N) is 1. The van der Waals surface area contributed by atoms with Crippen molar-refractivity contribution in [2.24, 2.45) is 0 Å². The quantitative estimate of drug-likeness (QED) is 0.692. The fourth-order valence-corrected chi connectivity index (χ4v) is 4.65. The van der Waals surface area contributed by atoms with Crippen molar-refractivity contribution >= 4 is 38.9 Å². The van der Waals surface area contributed by atoms with E-state index < -0.39 is 16.0 Å². The van der Waals surface area contributed by atoms with Gasteiger partial charge in [0.25, 0.3) is 10.0 Å². The van der Waals surface area contributed by atoms with Crippen LogP contribution in [0.4, 0.5) is 5.69 Å². The highest BCUT2D eigenvalue weighted by Gasteiger charge is 2.21. The molecule has 0 saturated carbocycles. The van der Waals surface area contributed by atoms with Gasteiger partial charge in [-0.2, -0.15) is 0 Å². The summed E-state index contributed by atoms with van der Waals surface area (Å²) in [7, 11) is -0.761. The normalized spacial score (nSPS) is 11.3. The number of thiophene rings is 1. The molecule has 0 bridgehead atoms. The third kappa shape index (κ3) is 4.90. The van der Waals surface area contributed by atoms with Gasteiger partial charge in [-0.1, -0.05) is 18.2 Å². The zero-order valence-electron chi connectivity index (χ0n) is 14.5. The van der Waals surface area contributed by atoms with Crippen molar-refractivity contribution in [2.75, 3.05) is 26.0 Å². The maximum Gasteiger partial charge on any atom is 0.339 e. The molecule has 1 heterocycles. The van der Waals surface area contributed by atoms with Gasteiger partial charge >= 0.3 is 5.97 Å². The fraction of sp³-hybridized carbons (Fsp3) is 0.294. The molecular formula is C17H20N2O5S2. The van der Waals surface area contributed by atoms with Crippen LogP contribution in [0, 0.1) is 0 Å². The number of benzene rings is 1. The lowest BCUT2D eigenvalue weighted by Crippen LogP contribution is -2.28. The van der Waals surface area contributed by atoms with Gasteiger partial charge < -0.3 is 10.1 Å². The van der Waals surface area contributed by atoms with E-state index in [2.05, 4.69) is 10.1 Å². The van der Waals surface area contributed by atoms with Gasteiger partial charge in [0, 0.05) is 20.0 Å². The summed E-state index contributed by atoms with van der Waals surface area (Å²) in [4.78, 5) is 23.8. The molecule has 0 radical (unpaired) electrons. The molecule has 2 rings (SSSR count). The molecule has 2 aromatic rings. The first kappa shape index (κ1) is 20.1. The maximum atomic E-state index is 12.3. The third-order valence-corrected chi connectivity index (χ3v) is 6.87. The first-order valence-electron chi connectivity index (χ1n) is 7.83. The van der Waals surface area contributed by atoms with Crippen molar-refractivity contribution in [1.82, 2.24) is 4.31 Å².